The van der Waals surface area contributed by atoms with Gasteiger partial charge in [-0.15, -0.1) is 0 Å². The Morgan fingerprint density at radius 2 is 2.11 bits per heavy atom. The van der Waals surface area contributed by atoms with Crippen LogP contribution >= 0.6 is 0 Å². The topological polar surface area (TPSA) is 113 Å². The summed E-state index contributed by atoms with van der Waals surface area (Å²) in [6.45, 7) is 0. The second-order valence-corrected chi connectivity index (χ2v) is 3.85. The van der Waals surface area contributed by atoms with Crippen LogP contribution in [0.5, 0.6) is 5.75 Å². The monoisotopic (exact) mass is 263 g/mol. The first-order valence-electron chi connectivity index (χ1n) is 5.18. The maximum atomic E-state index is 11.6. The van der Waals surface area contributed by atoms with E-state index < -0.39 is 16.9 Å². The summed E-state index contributed by atoms with van der Waals surface area (Å²) in [7, 11) is 1.30. The average Bonchev–Trinajstić information content (AvgIpc) is 2.59. The number of nitro benzene ring substituents is 1. The van der Waals surface area contributed by atoms with Crippen molar-refractivity contribution in [2.75, 3.05) is 7.05 Å². The van der Waals surface area contributed by atoms with Gasteiger partial charge in [0, 0.05) is 24.7 Å². The molecule has 0 radical (unpaired) electrons. The highest BCUT2D eigenvalue weighted by Crippen LogP contribution is 2.25. The Hall–Kier alpha value is -2.90. The lowest BCUT2D eigenvalue weighted by atomic mass is 10.1. The maximum absolute atomic E-state index is 11.6. The molecule has 98 valence electrons. The van der Waals surface area contributed by atoms with Gasteiger partial charge in [0.25, 0.3) is 11.6 Å². The van der Waals surface area contributed by atoms with Crippen LogP contribution in [0.4, 0.5) is 10.5 Å². The van der Waals surface area contributed by atoms with E-state index in [2.05, 4.69) is 5.32 Å². The van der Waals surface area contributed by atoms with E-state index in [0.29, 0.717) is 0 Å². The number of nitrogens with one attached hydrogen (secondary N) is 1. The summed E-state index contributed by atoms with van der Waals surface area (Å²) in [4.78, 5) is 33.7. The number of hydrogen-bond acceptors (Lipinski definition) is 5. The van der Waals surface area contributed by atoms with Gasteiger partial charge < -0.3 is 10.4 Å². The molecule has 8 heteroatoms. The molecule has 1 aliphatic rings. The highest BCUT2D eigenvalue weighted by atomic mass is 16.6. The normalized spacial score (nSPS) is 16.9. The van der Waals surface area contributed by atoms with Crippen molar-refractivity contribution in [1.82, 2.24) is 10.2 Å². The number of non-ortho nitro benzene ring substituents is 1. The molecule has 1 aliphatic heterocycles. The minimum Gasteiger partial charge on any atom is -0.507 e. The second-order valence-electron chi connectivity index (χ2n) is 3.85. The molecule has 3 amide bonds. The quantitative estimate of drug-likeness (QED) is 0.355. The minimum absolute atomic E-state index is 0.0525. The number of nitrogens with zero attached hydrogens (tertiary/aromatic N) is 2. The number of rotatable bonds is 2. The van der Waals surface area contributed by atoms with Gasteiger partial charge in [-0.05, 0) is 12.1 Å². The van der Waals surface area contributed by atoms with Crippen molar-refractivity contribution >= 4 is 23.7 Å². The standard InChI is InChI=1S/C11H9N3O5/c1-13-10(16)8(12-11(13)17)5-6-4-7(14(18)19)2-3-9(6)15/h2-5,15H,1H3,(H,12,17)/b8-5+. The summed E-state index contributed by atoms with van der Waals surface area (Å²) in [5.74, 6) is -0.800. The number of benzene rings is 1. The van der Waals surface area contributed by atoms with Crippen LogP contribution in [0, 0.1) is 10.1 Å². The van der Waals surface area contributed by atoms with Crippen molar-refractivity contribution < 1.29 is 19.6 Å². The minimum atomic E-state index is -0.622. The lowest BCUT2D eigenvalue weighted by Gasteiger charge is -2.01. The molecule has 19 heavy (non-hydrogen) atoms. The van der Waals surface area contributed by atoms with E-state index in [4.69, 9.17) is 0 Å². The summed E-state index contributed by atoms with van der Waals surface area (Å²) in [5, 5.41) is 22.5. The predicted molar refractivity (Wildman–Crippen MR) is 64.0 cm³/mol. The number of hydrogen-bond donors (Lipinski definition) is 2. The number of carbonyl (C=O) groups is 2. The molecule has 0 spiro atoms. The highest BCUT2D eigenvalue weighted by Gasteiger charge is 2.30. The summed E-state index contributed by atoms with van der Waals surface area (Å²) < 4.78 is 0. The van der Waals surface area contributed by atoms with Crippen molar-refractivity contribution in [2.45, 2.75) is 0 Å². The van der Waals surface area contributed by atoms with Gasteiger partial charge in [0.2, 0.25) is 0 Å². The van der Waals surface area contributed by atoms with Crippen LogP contribution in [-0.4, -0.2) is 33.9 Å². The number of amides is 3. The Morgan fingerprint density at radius 3 is 2.63 bits per heavy atom. The third kappa shape index (κ3) is 2.23. The first kappa shape index (κ1) is 12.6. The molecule has 0 bridgehead atoms. The van der Waals surface area contributed by atoms with Gasteiger partial charge in [0.05, 0.1) is 4.92 Å². The molecule has 1 heterocycles. The zero-order chi connectivity index (χ0) is 14.2. The van der Waals surface area contributed by atoms with Gasteiger partial charge in [-0.25, -0.2) is 4.79 Å². The lowest BCUT2D eigenvalue weighted by molar-refractivity contribution is -0.384. The number of phenolic OH excluding ortho intramolecular Hbond substituents is 1. The Bertz CT molecular complexity index is 623. The van der Waals surface area contributed by atoms with Crippen molar-refractivity contribution in [1.29, 1.82) is 0 Å². The Morgan fingerprint density at radius 1 is 1.42 bits per heavy atom. The molecule has 0 unspecified atom stereocenters. The molecule has 2 N–H and O–H groups in total. The molecule has 1 aromatic carbocycles. The fourth-order valence-electron chi connectivity index (χ4n) is 1.55. The van der Waals surface area contributed by atoms with Crippen LogP contribution in [0.2, 0.25) is 0 Å². The number of urea groups is 1. The maximum Gasteiger partial charge on any atom is 0.328 e. The molecule has 1 aromatic rings. The van der Waals surface area contributed by atoms with Crippen molar-refractivity contribution in [3.8, 4) is 5.75 Å². The lowest BCUT2D eigenvalue weighted by Crippen LogP contribution is -2.25. The van der Waals surface area contributed by atoms with E-state index in [9.17, 15) is 24.8 Å². The number of carbonyl (C=O) groups excluding carboxylic acids is 2. The van der Waals surface area contributed by atoms with Crippen LogP contribution < -0.4 is 5.32 Å². The van der Waals surface area contributed by atoms with E-state index in [1.54, 1.807) is 0 Å². The van der Waals surface area contributed by atoms with E-state index in [1.807, 2.05) is 0 Å². The highest BCUT2D eigenvalue weighted by molar-refractivity contribution is 6.13. The number of nitro groups is 1. The SMILES string of the molecule is CN1C(=O)N/C(=C/c2cc([N+](=O)[O-])ccc2O)C1=O. The van der Waals surface area contributed by atoms with Gasteiger partial charge in [-0.1, -0.05) is 0 Å². The molecule has 0 atom stereocenters. The van der Waals surface area contributed by atoms with E-state index in [-0.39, 0.29) is 22.7 Å². The molecule has 0 saturated carbocycles. The van der Waals surface area contributed by atoms with E-state index in [1.165, 1.54) is 13.1 Å². The molecular weight excluding hydrogens is 254 g/mol. The first-order valence-corrected chi connectivity index (χ1v) is 5.18. The number of likely N-dealkylation sites (N-methyl/N-ethyl adjacent to an activating group) is 1. The molecule has 1 fully saturated rings. The molecule has 8 nitrogen and oxygen atoms in total. The smallest absolute Gasteiger partial charge is 0.328 e. The zero-order valence-corrected chi connectivity index (χ0v) is 9.78. The van der Waals surface area contributed by atoms with Gasteiger partial charge in [0.1, 0.15) is 11.4 Å². The fourth-order valence-corrected chi connectivity index (χ4v) is 1.55. The largest absolute Gasteiger partial charge is 0.507 e. The number of imide groups is 1. The summed E-state index contributed by atoms with van der Waals surface area (Å²) in [5.41, 5.74) is -0.203. The zero-order valence-electron chi connectivity index (χ0n) is 9.78. The predicted octanol–water partition coefficient (Wildman–Crippen LogP) is 0.823. The van der Waals surface area contributed by atoms with Crippen molar-refractivity contribution in [3.05, 3.63) is 39.6 Å². The molecule has 1 saturated heterocycles. The molecule has 0 aromatic heterocycles. The second kappa shape index (κ2) is 4.41. The molecule has 2 rings (SSSR count). The van der Waals surface area contributed by atoms with Gasteiger partial charge in [-0.3, -0.25) is 19.8 Å². The van der Waals surface area contributed by atoms with Crippen LogP contribution in [0.15, 0.2) is 23.9 Å². The van der Waals surface area contributed by atoms with Gasteiger partial charge in [-0.2, -0.15) is 0 Å². The van der Waals surface area contributed by atoms with Crippen LogP contribution in [-0.2, 0) is 4.79 Å². The average molecular weight is 263 g/mol. The summed E-state index contributed by atoms with van der Waals surface area (Å²) in [6, 6.07) is 2.80. The summed E-state index contributed by atoms with van der Waals surface area (Å²) >= 11 is 0. The van der Waals surface area contributed by atoms with Gasteiger partial charge >= 0.3 is 6.03 Å². The molecular formula is C11H9N3O5. The first-order chi connectivity index (χ1) is 8.90. The summed E-state index contributed by atoms with van der Waals surface area (Å²) in [6.07, 6.45) is 1.19. The van der Waals surface area contributed by atoms with E-state index in [0.717, 1.165) is 23.1 Å². The van der Waals surface area contributed by atoms with Gasteiger partial charge in [0.15, 0.2) is 0 Å². The van der Waals surface area contributed by atoms with Crippen molar-refractivity contribution in [3.63, 3.8) is 0 Å². The third-order valence-electron chi connectivity index (χ3n) is 2.60. The van der Waals surface area contributed by atoms with Crippen LogP contribution in [0.25, 0.3) is 6.08 Å². The number of aromatic hydroxyl groups is 1. The van der Waals surface area contributed by atoms with Crippen LogP contribution in [0.3, 0.4) is 0 Å². The Kier molecular flexibility index (Phi) is 2.91. The Balaban J connectivity index is 2.43. The van der Waals surface area contributed by atoms with E-state index >= 15 is 0 Å². The van der Waals surface area contributed by atoms with Crippen LogP contribution in [0.1, 0.15) is 5.56 Å². The molecule has 0 aliphatic carbocycles. The third-order valence-corrected chi connectivity index (χ3v) is 2.60. The number of phenols is 1. The fraction of sp³-hybridized carbons (Fsp3) is 0.0909. The van der Waals surface area contributed by atoms with Crippen molar-refractivity contribution in [2.24, 2.45) is 0 Å². The Labute approximate surface area is 107 Å².